The van der Waals surface area contributed by atoms with E-state index in [9.17, 15) is 8.78 Å². The van der Waals surface area contributed by atoms with E-state index in [2.05, 4.69) is 41.6 Å². The van der Waals surface area contributed by atoms with E-state index < -0.39 is 11.6 Å². The van der Waals surface area contributed by atoms with E-state index in [4.69, 9.17) is 4.98 Å². The molecule has 0 atom stereocenters. The van der Waals surface area contributed by atoms with Crippen molar-refractivity contribution in [2.24, 2.45) is 0 Å². The molecular formula is C25H19F2N3. The van der Waals surface area contributed by atoms with Gasteiger partial charge in [-0.2, -0.15) is 0 Å². The van der Waals surface area contributed by atoms with Crippen LogP contribution in [0.15, 0.2) is 66.9 Å². The number of hydrogen-bond donors (Lipinski definition) is 0. The van der Waals surface area contributed by atoms with Gasteiger partial charge in [0.15, 0.2) is 11.6 Å². The SMILES string of the molecule is Cc1ccc(C)c(-c2nc3ccccc3n2Cc2ccnc3c(F)c(F)ccc23)c1. The average molecular weight is 399 g/mol. The molecular weight excluding hydrogens is 380 g/mol. The largest absolute Gasteiger partial charge is 0.319 e. The molecule has 148 valence electrons. The normalized spacial score (nSPS) is 11.5. The maximum absolute atomic E-state index is 14.3. The molecule has 5 aromatic rings. The molecule has 30 heavy (non-hydrogen) atoms. The van der Waals surface area contributed by atoms with Gasteiger partial charge in [0.1, 0.15) is 11.3 Å². The van der Waals surface area contributed by atoms with E-state index in [0.29, 0.717) is 11.9 Å². The number of aryl methyl sites for hydroxylation is 2. The molecule has 0 bridgehead atoms. The predicted molar refractivity (Wildman–Crippen MR) is 115 cm³/mol. The molecule has 0 radical (unpaired) electrons. The first-order valence-corrected chi connectivity index (χ1v) is 9.77. The Hall–Kier alpha value is -3.60. The lowest BCUT2D eigenvalue weighted by atomic mass is 10.0. The van der Waals surface area contributed by atoms with Crippen molar-refractivity contribution in [1.29, 1.82) is 0 Å². The molecule has 0 saturated heterocycles. The second-order valence-corrected chi connectivity index (χ2v) is 7.56. The molecule has 0 aliphatic carbocycles. The summed E-state index contributed by atoms with van der Waals surface area (Å²) in [5.74, 6) is -0.958. The van der Waals surface area contributed by atoms with Crippen molar-refractivity contribution < 1.29 is 8.78 Å². The molecule has 0 saturated carbocycles. The topological polar surface area (TPSA) is 30.7 Å². The highest BCUT2D eigenvalue weighted by Gasteiger charge is 2.17. The Morgan fingerprint density at radius 2 is 1.77 bits per heavy atom. The van der Waals surface area contributed by atoms with Crippen LogP contribution in [0, 0.1) is 25.5 Å². The molecule has 3 aromatic carbocycles. The lowest BCUT2D eigenvalue weighted by Crippen LogP contribution is -2.05. The van der Waals surface area contributed by atoms with Crippen molar-refractivity contribution in [3.8, 4) is 11.4 Å². The molecule has 5 rings (SSSR count). The van der Waals surface area contributed by atoms with Crippen LogP contribution in [-0.4, -0.2) is 14.5 Å². The Kier molecular flexibility index (Phi) is 4.31. The van der Waals surface area contributed by atoms with Gasteiger partial charge in [0.25, 0.3) is 0 Å². The number of para-hydroxylation sites is 2. The van der Waals surface area contributed by atoms with Gasteiger partial charge in [-0.25, -0.2) is 13.8 Å². The highest BCUT2D eigenvalue weighted by atomic mass is 19.2. The van der Waals surface area contributed by atoms with Gasteiger partial charge in [-0.1, -0.05) is 29.8 Å². The minimum absolute atomic E-state index is 0.0465. The maximum Gasteiger partial charge on any atom is 0.184 e. The highest BCUT2D eigenvalue weighted by Crippen LogP contribution is 2.30. The van der Waals surface area contributed by atoms with Crippen LogP contribution >= 0.6 is 0 Å². The smallest absolute Gasteiger partial charge is 0.184 e. The van der Waals surface area contributed by atoms with Crippen LogP contribution in [0.2, 0.25) is 0 Å². The molecule has 0 aliphatic heterocycles. The summed E-state index contributed by atoms with van der Waals surface area (Å²) >= 11 is 0. The van der Waals surface area contributed by atoms with E-state index >= 15 is 0 Å². The van der Waals surface area contributed by atoms with Gasteiger partial charge < -0.3 is 4.57 Å². The summed E-state index contributed by atoms with van der Waals surface area (Å²) < 4.78 is 30.1. The third kappa shape index (κ3) is 2.94. The number of hydrogen-bond acceptors (Lipinski definition) is 2. The fourth-order valence-electron chi connectivity index (χ4n) is 3.94. The molecule has 3 nitrogen and oxygen atoms in total. The van der Waals surface area contributed by atoms with Gasteiger partial charge in [0.05, 0.1) is 17.6 Å². The fraction of sp³-hybridized carbons (Fsp3) is 0.120. The Bertz CT molecular complexity index is 1420. The van der Waals surface area contributed by atoms with Gasteiger partial charge in [-0.15, -0.1) is 0 Å². The summed E-state index contributed by atoms with van der Waals surface area (Å²) in [6.45, 7) is 4.59. The van der Waals surface area contributed by atoms with Gasteiger partial charge in [0.2, 0.25) is 0 Å². The number of fused-ring (bicyclic) bond motifs is 2. The van der Waals surface area contributed by atoms with Crippen LogP contribution in [-0.2, 0) is 6.54 Å². The molecule has 0 unspecified atom stereocenters. The van der Waals surface area contributed by atoms with Crippen LogP contribution in [0.25, 0.3) is 33.3 Å². The summed E-state index contributed by atoms with van der Waals surface area (Å²) in [5.41, 5.74) is 6.12. The monoisotopic (exact) mass is 399 g/mol. The molecule has 0 N–H and O–H groups in total. The number of aromatic nitrogens is 3. The number of nitrogens with zero attached hydrogens (tertiary/aromatic N) is 3. The standard InChI is InChI=1S/C25H19F2N3/c1-15-7-8-16(2)19(13-15)25-29-21-5-3-4-6-22(21)30(25)14-17-11-12-28-24-18(17)9-10-20(26)23(24)27/h3-13H,14H2,1-2H3. The third-order valence-corrected chi connectivity index (χ3v) is 5.51. The molecule has 0 spiro atoms. The van der Waals surface area contributed by atoms with Gasteiger partial charge in [-0.05, 0) is 61.4 Å². The van der Waals surface area contributed by atoms with Crippen molar-refractivity contribution in [3.63, 3.8) is 0 Å². The number of rotatable bonds is 3. The van der Waals surface area contributed by atoms with Gasteiger partial charge in [-0.3, -0.25) is 4.98 Å². The highest BCUT2D eigenvalue weighted by molar-refractivity contribution is 5.84. The summed E-state index contributed by atoms with van der Waals surface area (Å²) in [5, 5.41) is 0.598. The van der Waals surface area contributed by atoms with Crippen LogP contribution in [0.4, 0.5) is 8.78 Å². The average Bonchev–Trinajstić information content (AvgIpc) is 3.11. The molecule has 5 heteroatoms. The van der Waals surface area contributed by atoms with E-state index in [1.807, 2.05) is 30.3 Å². The number of imidazole rings is 1. The number of benzene rings is 3. The van der Waals surface area contributed by atoms with E-state index in [1.165, 1.54) is 6.20 Å². The Labute approximate surface area is 172 Å². The Balaban J connectivity index is 1.75. The minimum atomic E-state index is -0.917. The van der Waals surface area contributed by atoms with Crippen LogP contribution in [0.5, 0.6) is 0 Å². The van der Waals surface area contributed by atoms with E-state index in [1.54, 1.807) is 6.07 Å². The zero-order valence-electron chi connectivity index (χ0n) is 16.7. The van der Waals surface area contributed by atoms with Crippen molar-refractivity contribution in [2.75, 3.05) is 0 Å². The molecule has 0 aliphatic rings. The van der Waals surface area contributed by atoms with Crippen LogP contribution in [0.3, 0.4) is 0 Å². The van der Waals surface area contributed by atoms with Crippen molar-refractivity contribution in [2.45, 2.75) is 20.4 Å². The second-order valence-electron chi connectivity index (χ2n) is 7.56. The van der Waals surface area contributed by atoms with Crippen molar-refractivity contribution in [3.05, 3.63) is 95.2 Å². The lowest BCUT2D eigenvalue weighted by molar-refractivity contribution is 0.515. The summed E-state index contributed by atoms with van der Waals surface area (Å²) in [6, 6.07) is 18.9. The lowest BCUT2D eigenvalue weighted by Gasteiger charge is -2.14. The molecule has 0 fully saturated rings. The first-order chi connectivity index (χ1) is 14.5. The predicted octanol–water partition coefficient (Wildman–Crippen LogP) is 6.19. The van der Waals surface area contributed by atoms with Crippen molar-refractivity contribution in [1.82, 2.24) is 14.5 Å². The zero-order valence-corrected chi connectivity index (χ0v) is 16.7. The molecule has 2 heterocycles. The second kappa shape index (κ2) is 7.02. The van der Waals surface area contributed by atoms with Crippen molar-refractivity contribution >= 4 is 21.9 Å². The van der Waals surface area contributed by atoms with Crippen LogP contribution in [0.1, 0.15) is 16.7 Å². The van der Waals surface area contributed by atoms with Gasteiger partial charge in [0, 0.05) is 17.1 Å². The first-order valence-electron chi connectivity index (χ1n) is 9.77. The minimum Gasteiger partial charge on any atom is -0.319 e. The number of halogens is 2. The maximum atomic E-state index is 14.3. The van der Waals surface area contributed by atoms with E-state index in [0.717, 1.165) is 45.2 Å². The Morgan fingerprint density at radius 3 is 2.63 bits per heavy atom. The zero-order chi connectivity index (χ0) is 20.8. The van der Waals surface area contributed by atoms with E-state index in [-0.39, 0.29) is 5.52 Å². The molecule has 2 aromatic heterocycles. The quantitative estimate of drug-likeness (QED) is 0.362. The summed E-state index contributed by atoms with van der Waals surface area (Å²) in [4.78, 5) is 8.97. The first kappa shape index (κ1) is 18.4. The fourth-order valence-corrected chi connectivity index (χ4v) is 3.94. The summed E-state index contributed by atoms with van der Waals surface area (Å²) in [7, 11) is 0. The van der Waals surface area contributed by atoms with Gasteiger partial charge >= 0.3 is 0 Å². The number of pyridine rings is 1. The summed E-state index contributed by atoms with van der Waals surface area (Å²) in [6.07, 6.45) is 1.52. The Morgan fingerprint density at radius 1 is 0.933 bits per heavy atom. The molecule has 0 amide bonds. The third-order valence-electron chi connectivity index (χ3n) is 5.51. The van der Waals surface area contributed by atoms with Crippen LogP contribution < -0.4 is 0 Å².